The molecule has 0 aliphatic carbocycles. The Bertz CT molecular complexity index is 662. The van der Waals surface area contributed by atoms with Gasteiger partial charge < -0.3 is 5.32 Å². The van der Waals surface area contributed by atoms with Crippen LogP contribution in [0.25, 0.3) is 6.08 Å². The van der Waals surface area contributed by atoms with Crippen molar-refractivity contribution in [2.24, 2.45) is 0 Å². The van der Waals surface area contributed by atoms with Gasteiger partial charge in [-0.2, -0.15) is 0 Å². The Kier molecular flexibility index (Phi) is 4.31. The van der Waals surface area contributed by atoms with E-state index >= 15 is 0 Å². The zero-order valence-corrected chi connectivity index (χ0v) is 11.5. The molecule has 2 aromatic carbocycles. The number of hydrogen-bond acceptors (Lipinski definition) is 1. The lowest BCUT2D eigenvalue weighted by Crippen LogP contribution is -2.09. The molecule has 0 unspecified atom stereocenters. The molecule has 0 saturated carbocycles. The van der Waals surface area contributed by atoms with Gasteiger partial charge in [0.1, 0.15) is 5.82 Å². The van der Waals surface area contributed by atoms with Gasteiger partial charge in [-0.25, -0.2) is 4.39 Å². The van der Waals surface area contributed by atoms with E-state index in [0.717, 1.165) is 16.8 Å². The van der Waals surface area contributed by atoms with E-state index in [1.807, 2.05) is 32.0 Å². The fourth-order valence-electron chi connectivity index (χ4n) is 1.84. The Labute approximate surface area is 118 Å². The molecule has 0 aliphatic rings. The Morgan fingerprint density at radius 1 is 1.10 bits per heavy atom. The number of carbonyl (C=O) groups excluding carboxylic acids is 1. The van der Waals surface area contributed by atoms with E-state index < -0.39 is 0 Å². The second-order valence-electron chi connectivity index (χ2n) is 4.59. The quantitative estimate of drug-likeness (QED) is 0.835. The Hall–Kier alpha value is -2.42. The van der Waals surface area contributed by atoms with Crippen molar-refractivity contribution >= 4 is 17.7 Å². The topological polar surface area (TPSA) is 29.1 Å². The van der Waals surface area contributed by atoms with Gasteiger partial charge in [-0.1, -0.05) is 30.3 Å². The summed E-state index contributed by atoms with van der Waals surface area (Å²) in [5.41, 5.74) is 3.30. The summed E-state index contributed by atoms with van der Waals surface area (Å²) in [6.07, 6.45) is 2.80. The second-order valence-corrected chi connectivity index (χ2v) is 4.59. The van der Waals surface area contributed by atoms with Gasteiger partial charge in [-0.3, -0.25) is 4.79 Å². The molecule has 0 radical (unpaired) electrons. The highest BCUT2D eigenvalue weighted by Gasteiger charge is 2.03. The summed E-state index contributed by atoms with van der Waals surface area (Å²) in [7, 11) is 0. The molecule has 20 heavy (non-hydrogen) atoms. The van der Waals surface area contributed by atoms with Crippen molar-refractivity contribution < 1.29 is 9.18 Å². The van der Waals surface area contributed by atoms with Gasteiger partial charge in [0.2, 0.25) is 5.91 Å². The maximum atomic E-state index is 13.4. The Morgan fingerprint density at radius 3 is 2.60 bits per heavy atom. The van der Waals surface area contributed by atoms with Crippen molar-refractivity contribution in [1.82, 2.24) is 0 Å². The molecule has 102 valence electrons. The van der Waals surface area contributed by atoms with Gasteiger partial charge in [-0.05, 0) is 43.2 Å². The predicted octanol–water partition coefficient (Wildman–Crippen LogP) is 4.09. The van der Waals surface area contributed by atoms with Crippen LogP contribution in [0, 0.1) is 19.7 Å². The molecular formula is C17H16FNO. The van der Waals surface area contributed by atoms with E-state index in [4.69, 9.17) is 0 Å². The average Bonchev–Trinajstić information content (AvgIpc) is 2.43. The van der Waals surface area contributed by atoms with Crippen molar-refractivity contribution in [3.8, 4) is 0 Å². The van der Waals surface area contributed by atoms with E-state index in [-0.39, 0.29) is 11.7 Å². The van der Waals surface area contributed by atoms with E-state index in [0.29, 0.717) is 5.56 Å². The monoisotopic (exact) mass is 269 g/mol. The minimum absolute atomic E-state index is 0.276. The highest BCUT2D eigenvalue weighted by molar-refractivity contribution is 6.02. The minimum Gasteiger partial charge on any atom is -0.322 e. The van der Waals surface area contributed by atoms with Crippen LogP contribution in [0.15, 0.2) is 48.5 Å². The number of benzene rings is 2. The third-order valence-corrected chi connectivity index (χ3v) is 3.18. The summed E-state index contributed by atoms with van der Waals surface area (Å²) >= 11 is 0. The molecule has 0 atom stereocenters. The molecule has 0 heterocycles. The van der Waals surface area contributed by atoms with Crippen LogP contribution in [-0.4, -0.2) is 5.91 Å². The van der Waals surface area contributed by atoms with Gasteiger partial charge in [-0.15, -0.1) is 0 Å². The van der Waals surface area contributed by atoms with Gasteiger partial charge in [0.25, 0.3) is 0 Å². The average molecular weight is 269 g/mol. The first kappa shape index (κ1) is 14.0. The van der Waals surface area contributed by atoms with Crippen LogP contribution in [0.1, 0.15) is 16.7 Å². The van der Waals surface area contributed by atoms with E-state index in [1.54, 1.807) is 18.2 Å². The maximum Gasteiger partial charge on any atom is 0.248 e. The van der Waals surface area contributed by atoms with Crippen LogP contribution in [0.2, 0.25) is 0 Å². The van der Waals surface area contributed by atoms with Crippen molar-refractivity contribution in [2.75, 3.05) is 5.32 Å². The molecular weight excluding hydrogens is 253 g/mol. The Morgan fingerprint density at radius 2 is 1.85 bits per heavy atom. The van der Waals surface area contributed by atoms with E-state index in [1.165, 1.54) is 18.2 Å². The van der Waals surface area contributed by atoms with Crippen LogP contribution >= 0.6 is 0 Å². The second kappa shape index (κ2) is 6.15. The van der Waals surface area contributed by atoms with Crippen molar-refractivity contribution in [3.05, 3.63) is 71.0 Å². The summed E-state index contributed by atoms with van der Waals surface area (Å²) in [4.78, 5) is 11.8. The first-order valence-corrected chi connectivity index (χ1v) is 6.38. The number of carbonyl (C=O) groups is 1. The van der Waals surface area contributed by atoms with Crippen molar-refractivity contribution in [2.45, 2.75) is 13.8 Å². The molecule has 2 aromatic rings. The summed E-state index contributed by atoms with van der Waals surface area (Å²) < 4.78 is 13.4. The van der Waals surface area contributed by atoms with E-state index in [2.05, 4.69) is 5.32 Å². The largest absolute Gasteiger partial charge is 0.322 e. The fourth-order valence-corrected chi connectivity index (χ4v) is 1.84. The van der Waals surface area contributed by atoms with Gasteiger partial charge in [0, 0.05) is 17.3 Å². The lowest BCUT2D eigenvalue weighted by molar-refractivity contribution is -0.111. The minimum atomic E-state index is -0.344. The maximum absolute atomic E-state index is 13.4. The van der Waals surface area contributed by atoms with E-state index in [9.17, 15) is 9.18 Å². The molecule has 1 N–H and O–H groups in total. The molecule has 0 spiro atoms. The number of halogens is 1. The number of rotatable bonds is 3. The normalized spacial score (nSPS) is 10.8. The van der Waals surface area contributed by atoms with Crippen molar-refractivity contribution in [1.29, 1.82) is 0 Å². The molecule has 0 bridgehead atoms. The lowest BCUT2D eigenvalue weighted by atomic mass is 10.1. The smallest absolute Gasteiger partial charge is 0.248 e. The number of aryl methyl sites for hydroxylation is 1. The molecule has 3 heteroatoms. The van der Waals surface area contributed by atoms with Gasteiger partial charge in [0.15, 0.2) is 0 Å². The third kappa shape index (κ3) is 3.32. The molecule has 1 amide bonds. The number of anilines is 1. The summed E-state index contributed by atoms with van der Waals surface area (Å²) in [5, 5.41) is 2.79. The predicted molar refractivity (Wildman–Crippen MR) is 80.0 cm³/mol. The molecule has 0 aliphatic heterocycles. The number of hydrogen-bond donors (Lipinski definition) is 1. The highest BCUT2D eigenvalue weighted by atomic mass is 19.1. The van der Waals surface area contributed by atoms with Crippen LogP contribution in [-0.2, 0) is 4.79 Å². The van der Waals surface area contributed by atoms with Crippen LogP contribution in [0.5, 0.6) is 0 Å². The van der Waals surface area contributed by atoms with Crippen LogP contribution in [0.3, 0.4) is 0 Å². The van der Waals surface area contributed by atoms with Crippen LogP contribution < -0.4 is 5.32 Å². The van der Waals surface area contributed by atoms with Crippen molar-refractivity contribution in [3.63, 3.8) is 0 Å². The molecule has 0 aromatic heterocycles. The standard InChI is InChI=1S/C17H16FNO/c1-12-6-5-9-16(13(12)2)19-17(20)11-10-14-7-3-4-8-15(14)18/h3-11H,1-2H3,(H,19,20)/b11-10+. The zero-order chi connectivity index (χ0) is 14.5. The SMILES string of the molecule is Cc1cccc(NC(=O)/C=C/c2ccccc2F)c1C. The lowest BCUT2D eigenvalue weighted by Gasteiger charge is -2.08. The highest BCUT2D eigenvalue weighted by Crippen LogP contribution is 2.18. The van der Waals surface area contributed by atoms with Crippen LogP contribution in [0.4, 0.5) is 10.1 Å². The summed E-state index contributed by atoms with van der Waals surface area (Å²) in [6.45, 7) is 3.94. The Balaban J connectivity index is 2.10. The summed E-state index contributed by atoms with van der Waals surface area (Å²) in [5.74, 6) is -0.620. The molecule has 0 saturated heterocycles. The van der Waals surface area contributed by atoms with Gasteiger partial charge >= 0.3 is 0 Å². The van der Waals surface area contributed by atoms with Gasteiger partial charge in [0.05, 0.1) is 0 Å². The number of amides is 1. The number of nitrogens with one attached hydrogen (secondary N) is 1. The zero-order valence-electron chi connectivity index (χ0n) is 11.5. The summed E-state index contributed by atoms with van der Waals surface area (Å²) in [6, 6.07) is 12.0. The third-order valence-electron chi connectivity index (χ3n) is 3.18. The fraction of sp³-hybridized carbons (Fsp3) is 0.118. The molecule has 0 fully saturated rings. The first-order chi connectivity index (χ1) is 9.58. The molecule has 2 rings (SSSR count). The molecule has 2 nitrogen and oxygen atoms in total. The first-order valence-electron chi connectivity index (χ1n) is 6.38.